The zero-order valence-electron chi connectivity index (χ0n) is 8.37. The molecule has 1 rings (SSSR count). The molecule has 1 amide bonds. The van der Waals surface area contributed by atoms with Crippen molar-refractivity contribution in [2.45, 2.75) is 12.8 Å². The van der Waals surface area contributed by atoms with Crippen molar-refractivity contribution in [3.8, 4) is 0 Å². The van der Waals surface area contributed by atoms with Crippen LogP contribution in [0, 0.1) is 0 Å². The van der Waals surface area contributed by atoms with Gasteiger partial charge in [0.1, 0.15) is 0 Å². The van der Waals surface area contributed by atoms with Crippen LogP contribution in [-0.2, 0) is 11.2 Å². The lowest BCUT2D eigenvalue weighted by Gasteiger charge is -2.04. The van der Waals surface area contributed by atoms with Crippen molar-refractivity contribution >= 4 is 34.5 Å². The number of carbonyl (C=O) groups is 1. The highest BCUT2D eigenvalue weighted by Crippen LogP contribution is 2.10. The summed E-state index contributed by atoms with van der Waals surface area (Å²) in [7, 11) is 0. The number of rotatable bonds is 5. The zero-order valence-corrected chi connectivity index (χ0v) is 10.9. The molecule has 0 saturated carbocycles. The Hall–Kier alpha value is -0.480. The van der Waals surface area contributed by atoms with Gasteiger partial charge in [0.2, 0.25) is 5.91 Å². The molecule has 4 heteroatoms. The van der Waals surface area contributed by atoms with E-state index in [0.717, 1.165) is 10.9 Å². The Balaban J connectivity index is 2.26. The van der Waals surface area contributed by atoms with Gasteiger partial charge in [-0.25, -0.2) is 0 Å². The van der Waals surface area contributed by atoms with E-state index in [1.165, 1.54) is 5.56 Å². The van der Waals surface area contributed by atoms with Crippen LogP contribution in [0.1, 0.15) is 12.0 Å². The second kappa shape index (κ2) is 6.90. The summed E-state index contributed by atoms with van der Waals surface area (Å²) in [6.45, 7) is 0.689. The van der Waals surface area contributed by atoms with Crippen molar-refractivity contribution < 1.29 is 4.79 Å². The molecule has 1 N–H and O–H groups in total. The third kappa shape index (κ3) is 5.23. The van der Waals surface area contributed by atoms with Gasteiger partial charge in [-0.15, -0.1) is 0 Å². The molecule has 0 heterocycles. The topological polar surface area (TPSA) is 29.1 Å². The maximum atomic E-state index is 11.1. The molecule has 1 aromatic rings. The van der Waals surface area contributed by atoms with Gasteiger partial charge in [0.25, 0.3) is 0 Å². The van der Waals surface area contributed by atoms with Gasteiger partial charge < -0.3 is 5.32 Å². The Bertz CT molecular complexity index is 313. The van der Waals surface area contributed by atoms with E-state index in [1.54, 1.807) is 0 Å². The fourth-order valence-electron chi connectivity index (χ4n) is 1.19. The second-order valence-electron chi connectivity index (χ2n) is 3.20. The highest BCUT2D eigenvalue weighted by atomic mass is 79.9. The van der Waals surface area contributed by atoms with Crippen LogP contribution >= 0.6 is 28.6 Å². The average Bonchev–Trinajstić information content (AvgIpc) is 2.21. The highest BCUT2D eigenvalue weighted by Gasteiger charge is 1.98. The Morgan fingerprint density at radius 1 is 1.33 bits per heavy atom. The van der Waals surface area contributed by atoms with E-state index in [-0.39, 0.29) is 5.91 Å². The third-order valence-corrected chi connectivity index (χ3v) is 2.74. The molecule has 0 fully saturated rings. The number of amides is 1. The Kier molecular flexibility index (Phi) is 5.79. The predicted octanol–water partition coefficient (Wildman–Crippen LogP) is 2.43. The van der Waals surface area contributed by atoms with Gasteiger partial charge in [-0.05, 0) is 29.9 Å². The molecule has 2 nitrogen and oxygen atoms in total. The largest absolute Gasteiger partial charge is 0.356 e. The number of carbonyl (C=O) groups excluding carboxylic acids is 1. The molecule has 0 saturated heterocycles. The van der Waals surface area contributed by atoms with E-state index in [1.807, 2.05) is 12.1 Å². The number of hydrogen-bond acceptors (Lipinski definition) is 2. The number of halogens is 1. The van der Waals surface area contributed by atoms with Crippen LogP contribution in [0.2, 0.25) is 0 Å². The molecular weight excluding hydrogens is 274 g/mol. The standard InChI is InChI=1S/C11H14BrNOS/c12-10-3-1-9(2-4-10)5-7-13-11(14)6-8-15/h1-4,15H,5-8H2,(H,13,14). The molecule has 0 aromatic heterocycles. The molecule has 0 aliphatic heterocycles. The van der Waals surface area contributed by atoms with Crippen molar-refractivity contribution in [3.63, 3.8) is 0 Å². The molecule has 0 spiro atoms. The van der Waals surface area contributed by atoms with Gasteiger partial charge >= 0.3 is 0 Å². The molecule has 0 bridgehead atoms. The van der Waals surface area contributed by atoms with Crippen LogP contribution in [0.5, 0.6) is 0 Å². The minimum atomic E-state index is 0.0714. The first-order chi connectivity index (χ1) is 7.22. The van der Waals surface area contributed by atoms with E-state index in [4.69, 9.17) is 0 Å². The number of benzene rings is 1. The Morgan fingerprint density at radius 3 is 2.60 bits per heavy atom. The number of nitrogens with one attached hydrogen (secondary N) is 1. The van der Waals surface area contributed by atoms with E-state index in [0.29, 0.717) is 18.7 Å². The molecule has 1 aromatic carbocycles. The van der Waals surface area contributed by atoms with Crippen molar-refractivity contribution in [3.05, 3.63) is 34.3 Å². The fourth-order valence-corrected chi connectivity index (χ4v) is 1.65. The normalized spacial score (nSPS) is 10.0. The number of thiol groups is 1. The van der Waals surface area contributed by atoms with E-state index in [9.17, 15) is 4.79 Å². The lowest BCUT2D eigenvalue weighted by Crippen LogP contribution is -2.25. The molecule has 15 heavy (non-hydrogen) atoms. The summed E-state index contributed by atoms with van der Waals surface area (Å²) < 4.78 is 1.07. The van der Waals surface area contributed by atoms with Gasteiger partial charge in [0.15, 0.2) is 0 Å². The lowest BCUT2D eigenvalue weighted by atomic mass is 10.1. The van der Waals surface area contributed by atoms with Crippen molar-refractivity contribution in [2.24, 2.45) is 0 Å². The number of hydrogen-bond donors (Lipinski definition) is 2. The van der Waals surface area contributed by atoms with Gasteiger partial charge in [-0.2, -0.15) is 12.6 Å². The maximum absolute atomic E-state index is 11.1. The molecule has 0 aliphatic carbocycles. The maximum Gasteiger partial charge on any atom is 0.220 e. The van der Waals surface area contributed by atoms with Crippen molar-refractivity contribution in [1.82, 2.24) is 5.32 Å². The predicted molar refractivity (Wildman–Crippen MR) is 69.3 cm³/mol. The fraction of sp³-hybridized carbons (Fsp3) is 0.364. The van der Waals surface area contributed by atoms with Crippen molar-refractivity contribution in [2.75, 3.05) is 12.3 Å². The summed E-state index contributed by atoms with van der Waals surface area (Å²) >= 11 is 7.38. The van der Waals surface area contributed by atoms with Gasteiger partial charge in [0, 0.05) is 17.4 Å². The second-order valence-corrected chi connectivity index (χ2v) is 4.56. The van der Waals surface area contributed by atoms with Crippen LogP contribution < -0.4 is 5.32 Å². The minimum Gasteiger partial charge on any atom is -0.356 e. The van der Waals surface area contributed by atoms with Crippen molar-refractivity contribution in [1.29, 1.82) is 0 Å². The summed E-state index contributed by atoms with van der Waals surface area (Å²) in [6.07, 6.45) is 1.36. The van der Waals surface area contributed by atoms with Crippen LogP contribution in [0.25, 0.3) is 0 Å². The highest BCUT2D eigenvalue weighted by molar-refractivity contribution is 9.10. The Labute approximate surface area is 104 Å². The average molecular weight is 288 g/mol. The minimum absolute atomic E-state index is 0.0714. The lowest BCUT2D eigenvalue weighted by molar-refractivity contribution is -0.120. The smallest absolute Gasteiger partial charge is 0.220 e. The first-order valence-corrected chi connectivity index (χ1v) is 6.27. The van der Waals surface area contributed by atoms with E-state index >= 15 is 0 Å². The van der Waals surface area contributed by atoms with Crippen LogP contribution in [0.3, 0.4) is 0 Å². The van der Waals surface area contributed by atoms with Crippen LogP contribution in [0.4, 0.5) is 0 Å². The third-order valence-electron chi connectivity index (χ3n) is 1.99. The van der Waals surface area contributed by atoms with E-state index in [2.05, 4.69) is 46.0 Å². The summed E-state index contributed by atoms with van der Waals surface area (Å²) in [4.78, 5) is 11.1. The Morgan fingerprint density at radius 2 is 2.00 bits per heavy atom. The van der Waals surface area contributed by atoms with Crippen LogP contribution in [0.15, 0.2) is 28.7 Å². The summed E-state index contributed by atoms with van der Waals surface area (Å²) in [5.41, 5.74) is 1.23. The molecule has 82 valence electrons. The quantitative estimate of drug-likeness (QED) is 0.801. The monoisotopic (exact) mass is 287 g/mol. The first-order valence-electron chi connectivity index (χ1n) is 4.84. The van der Waals surface area contributed by atoms with Gasteiger partial charge in [-0.3, -0.25) is 4.79 Å². The molecule has 0 unspecified atom stereocenters. The summed E-state index contributed by atoms with van der Waals surface area (Å²) in [5, 5.41) is 2.85. The van der Waals surface area contributed by atoms with Crippen LogP contribution in [-0.4, -0.2) is 18.2 Å². The zero-order chi connectivity index (χ0) is 11.1. The first kappa shape index (κ1) is 12.6. The van der Waals surface area contributed by atoms with Gasteiger partial charge in [-0.1, -0.05) is 28.1 Å². The molecule has 0 atom stereocenters. The molecular formula is C11H14BrNOS. The van der Waals surface area contributed by atoms with E-state index < -0.39 is 0 Å². The molecule has 0 aliphatic rings. The summed E-state index contributed by atoms with van der Waals surface area (Å²) in [6, 6.07) is 8.11. The summed E-state index contributed by atoms with van der Waals surface area (Å²) in [5.74, 6) is 0.673. The SMILES string of the molecule is O=C(CCS)NCCc1ccc(Br)cc1. The molecule has 0 radical (unpaired) electrons. The van der Waals surface area contributed by atoms with Gasteiger partial charge in [0.05, 0.1) is 0 Å².